The summed E-state index contributed by atoms with van der Waals surface area (Å²) < 4.78 is 36.8. The normalized spacial score (nSPS) is 16.9. The summed E-state index contributed by atoms with van der Waals surface area (Å²) in [5, 5.41) is 16.0. The van der Waals surface area contributed by atoms with Gasteiger partial charge in [0.15, 0.2) is 7.85 Å². The van der Waals surface area contributed by atoms with Crippen molar-refractivity contribution in [3.63, 3.8) is 0 Å². The van der Waals surface area contributed by atoms with Crippen molar-refractivity contribution in [2.45, 2.75) is 6.54 Å². The molecule has 0 saturated carbocycles. The molecule has 170 valence electrons. The molecule has 0 atom stereocenters. The molecule has 0 spiro atoms. The van der Waals surface area contributed by atoms with Gasteiger partial charge in [-0.3, -0.25) is 15.7 Å². The summed E-state index contributed by atoms with van der Waals surface area (Å²) in [5.41, 5.74) is 1.80. The number of hydrogen-bond acceptors (Lipinski definition) is 5. The Kier molecular flexibility index (Phi) is 6.82. The van der Waals surface area contributed by atoms with Gasteiger partial charge in [0.05, 0.1) is 30.2 Å². The Hall–Kier alpha value is -3.10. The quantitative estimate of drug-likeness (QED) is 0.470. The number of hydrogen-bond donors (Lipinski definition) is 2. The van der Waals surface area contributed by atoms with Gasteiger partial charge in [-0.2, -0.15) is 0 Å². The van der Waals surface area contributed by atoms with Gasteiger partial charge in [-0.15, -0.1) is 0 Å². The van der Waals surface area contributed by atoms with Crippen LogP contribution in [0.4, 0.5) is 8.78 Å². The topological polar surface area (TPSA) is 77.2 Å². The molecule has 2 aromatic carbocycles. The summed E-state index contributed by atoms with van der Waals surface area (Å²) >= 11 is 0. The van der Waals surface area contributed by atoms with Crippen LogP contribution < -0.4 is 10.9 Å². The number of morpholine rings is 1. The molecule has 2 aromatic rings. The van der Waals surface area contributed by atoms with Gasteiger partial charge >= 0.3 is 0 Å². The maximum absolute atomic E-state index is 15.7. The highest BCUT2D eigenvalue weighted by Gasteiger charge is 2.26. The van der Waals surface area contributed by atoms with E-state index in [4.69, 9.17) is 15.6 Å². The third-order valence-corrected chi connectivity index (χ3v) is 6.38. The molecule has 0 unspecified atom stereocenters. The van der Waals surface area contributed by atoms with Crippen LogP contribution in [0.3, 0.4) is 0 Å². The Labute approximate surface area is 200 Å². The van der Waals surface area contributed by atoms with Gasteiger partial charge in [0, 0.05) is 25.2 Å². The zero-order valence-electron chi connectivity index (χ0n) is 19.5. The number of allylic oxidation sites excluding steroid dienone is 4. The average Bonchev–Trinajstić information content (AvgIpc) is 2.81. The zero-order chi connectivity index (χ0) is 24.6. The lowest BCUT2D eigenvalue weighted by atomic mass is 9.72. The molecule has 0 radical (unpaired) electrons. The number of nitrogens with zero attached hydrogens (tertiary/aromatic N) is 1. The molecule has 10 heteroatoms. The summed E-state index contributed by atoms with van der Waals surface area (Å²) in [6.45, 7) is 3.66. The van der Waals surface area contributed by atoms with Crippen molar-refractivity contribution in [2.24, 2.45) is 0 Å². The minimum absolute atomic E-state index is 0.0574. The van der Waals surface area contributed by atoms with Crippen molar-refractivity contribution in [1.82, 2.24) is 4.90 Å². The number of rotatable bonds is 5. The fraction of sp³-hybridized carbons (Fsp3) is 0.208. The van der Waals surface area contributed by atoms with Gasteiger partial charge in [0.2, 0.25) is 0 Å². The summed E-state index contributed by atoms with van der Waals surface area (Å²) in [4.78, 5) is 14.2. The van der Waals surface area contributed by atoms with Crippen molar-refractivity contribution in [1.29, 1.82) is 10.8 Å². The number of ether oxygens (including phenoxy) is 1. The standard InChI is InChI=1S/C24H24B3F2N3O2/c25-19-17(14-9-15(24(27)33)23(31)16(30)10-14)20(26)22(29)18(21(19)28)13-3-1-2-12(8-13)11-32-4-6-34-7-5-32/h1-3,8-10,30-31H,4-7,11,25-27H2. The van der Waals surface area contributed by atoms with E-state index in [-0.39, 0.29) is 39.2 Å². The van der Waals surface area contributed by atoms with Crippen molar-refractivity contribution < 1.29 is 18.3 Å². The molecule has 2 N–H and O–H groups in total. The van der Waals surface area contributed by atoms with Crippen molar-refractivity contribution in [3.05, 3.63) is 64.8 Å². The molecule has 0 amide bonds. The Morgan fingerprint density at radius 1 is 1.03 bits per heavy atom. The van der Waals surface area contributed by atoms with Gasteiger partial charge < -0.3 is 9.53 Å². The molecule has 4 rings (SSSR count). The lowest BCUT2D eigenvalue weighted by Gasteiger charge is -2.26. The van der Waals surface area contributed by atoms with E-state index in [9.17, 15) is 4.79 Å². The third-order valence-electron chi connectivity index (χ3n) is 6.38. The minimum atomic E-state index is -0.674. The van der Waals surface area contributed by atoms with Crippen LogP contribution in [0.2, 0.25) is 0 Å². The highest BCUT2D eigenvalue weighted by molar-refractivity contribution is 6.72. The van der Waals surface area contributed by atoms with Crippen LogP contribution in [0.15, 0.2) is 42.0 Å². The van der Waals surface area contributed by atoms with E-state index in [1.165, 1.54) is 20.0 Å². The second-order valence-corrected chi connectivity index (χ2v) is 8.72. The Balaban J connectivity index is 1.78. The van der Waals surface area contributed by atoms with Gasteiger partial charge in [-0.25, -0.2) is 8.78 Å². The summed E-state index contributed by atoms with van der Waals surface area (Å²) in [5.74, 6) is -1.35. The van der Waals surface area contributed by atoms with Crippen molar-refractivity contribution in [3.8, 4) is 11.1 Å². The molecule has 2 aliphatic rings. The Morgan fingerprint density at radius 3 is 2.29 bits per heavy atom. The molecule has 1 aliphatic heterocycles. The largest absolute Gasteiger partial charge is 0.379 e. The summed E-state index contributed by atoms with van der Waals surface area (Å²) in [6, 6.07) is 7.28. The molecule has 1 fully saturated rings. The van der Waals surface area contributed by atoms with Crippen LogP contribution in [-0.2, 0) is 16.1 Å². The first kappa shape index (κ1) is 24.0. The third kappa shape index (κ3) is 4.48. The smallest absolute Gasteiger partial charge is 0.193 e. The van der Waals surface area contributed by atoms with Crippen LogP contribution in [-0.4, -0.2) is 71.8 Å². The fourth-order valence-electron chi connectivity index (χ4n) is 4.57. The zero-order valence-corrected chi connectivity index (χ0v) is 19.5. The summed E-state index contributed by atoms with van der Waals surface area (Å²) in [7, 11) is 4.46. The van der Waals surface area contributed by atoms with E-state index in [1.54, 1.807) is 27.8 Å². The molecule has 5 nitrogen and oxygen atoms in total. The monoisotopic (exact) mass is 457 g/mol. The number of benzene rings is 2. The maximum atomic E-state index is 15.7. The minimum Gasteiger partial charge on any atom is -0.379 e. The fourth-order valence-corrected chi connectivity index (χ4v) is 4.57. The first-order chi connectivity index (χ1) is 16.2. The molecule has 0 aromatic heterocycles. The van der Waals surface area contributed by atoms with E-state index >= 15 is 8.78 Å². The number of nitrogens with one attached hydrogen (secondary N) is 2. The highest BCUT2D eigenvalue weighted by atomic mass is 19.1. The van der Waals surface area contributed by atoms with Crippen LogP contribution in [0.5, 0.6) is 0 Å². The lowest BCUT2D eigenvalue weighted by Crippen LogP contribution is -2.35. The Bertz CT molecular complexity index is 1260. The highest BCUT2D eigenvalue weighted by Crippen LogP contribution is 2.29. The van der Waals surface area contributed by atoms with Crippen molar-refractivity contribution >= 4 is 57.1 Å². The van der Waals surface area contributed by atoms with Gasteiger partial charge in [-0.05, 0) is 51.4 Å². The first-order valence-corrected chi connectivity index (χ1v) is 11.2. The van der Waals surface area contributed by atoms with Gasteiger partial charge in [0.25, 0.3) is 0 Å². The molecule has 1 aliphatic carbocycles. The second-order valence-electron chi connectivity index (χ2n) is 8.72. The van der Waals surface area contributed by atoms with E-state index in [2.05, 4.69) is 4.90 Å². The molecule has 1 saturated heterocycles. The van der Waals surface area contributed by atoms with Crippen molar-refractivity contribution in [2.75, 3.05) is 26.3 Å². The molecule has 1 heterocycles. The van der Waals surface area contributed by atoms with Crippen LogP contribution >= 0.6 is 0 Å². The van der Waals surface area contributed by atoms with E-state index < -0.39 is 11.6 Å². The number of carbonyl (C=O) groups excluding carboxylic acids is 1. The molecular weight excluding hydrogens is 433 g/mol. The second kappa shape index (κ2) is 9.64. The van der Waals surface area contributed by atoms with Crippen LogP contribution in [0.25, 0.3) is 16.7 Å². The van der Waals surface area contributed by atoms with E-state index in [1.807, 2.05) is 12.1 Å². The van der Waals surface area contributed by atoms with Crippen LogP contribution in [0.1, 0.15) is 11.1 Å². The van der Waals surface area contributed by atoms with E-state index in [0.29, 0.717) is 36.5 Å². The number of carbonyl (C=O) groups is 1. The van der Waals surface area contributed by atoms with E-state index in [0.717, 1.165) is 18.7 Å². The Morgan fingerprint density at radius 2 is 1.68 bits per heavy atom. The number of halogens is 2. The predicted octanol–water partition coefficient (Wildman–Crippen LogP) is -0.497. The van der Waals surface area contributed by atoms with Crippen LogP contribution in [0, 0.1) is 22.5 Å². The van der Waals surface area contributed by atoms with Gasteiger partial charge in [-0.1, -0.05) is 18.2 Å². The van der Waals surface area contributed by atoms with Gasteiger partial charge in [0.1, 0.15) is 33.0 Å². The lowest BCUT2D eigenvalue weighted by molar-refractivity contribution is -0.108. The maximum Gasteiger partial charge on any atom is 0.193 e. The average molecular weight is 457 g/mol. The predicted molar refractivity (Wildman–Crippen MR) is 139 cm³/mol. The molecule has 0 bridgehead atoms. The first-order valence-electron chi connectivity index (χ1n) is 11.2. The molecule has 34 heavy (non-hydrogen) atoms. The summed E-state index contributed by atoms with van der Waals surface area (Å²) in [6.07, 6.45) is 2.82. The SMILES string of the molecule is BC(=O)C1=CC(c2c(B)c(F)c(-c3cccc(CN4CCOCC4)c3)c(F)c2B)=CC(=N)C1=N. The molecular formula is C24H24B3F2N3O2.